The number of carboxylic acid groups (broad SMARTS) is 1. The molecule has 84 valence electrons. The van der Waals surface area contributed by atoms with E-state index in [4.69, 9.17) is 5.11 Å². The van der Waals surface area contributed by atoms with E-state index >= 15 is 0 Å². The second kappa shape index (κ2) is 5.94. The Balaban J connectivity index is 3.83. The summed E-state index contributed by atoms with van der Waals surface area (Å²) in [6, 6.07) is 0. The zero-order valence-electron chi connectivity index (χ0n) is 8.36. The normalized spacial score (nSPS) is 11.9. The van der Waals surface area contributed by atoms with Gasteiger partial charge < -0.3 is 5.11 Å². The fourth-order valence-electron chi connectivity index (χ4n) is 0.721. The van der Waals surface area contributed by atoms with Crippen molar-refractivity contribution in [1.29, 1.82) is 0 Å². The van der Waals surface area contributed by atoms with E-state index in [1.54, 1.807) is 6.92 Å². The second-order valence-electron chi connectivity index (χ2n) is 2.81. The van der Waals surface area contributed by atoms with Gasteiger partial charge in [0.2, 0.25) is 0 Å². The smallest absolute Gasteiger partial charge is 0.303 e. The van der Waals surface area contributed by atoms with Gasteiger partial charge in [-0.1, -0.05) is 6.92 Å². The summed E-state index contributed by atoms with van der Waals surface area (Å²) < 4.78 is 26.0. The van der Waals surface area contributed by atoms with Crippen LogP contribution in [0.5, 0.6) is 0 Å². The third-order valence-corrected chi connectivity index (χ3v) is 3.36. The molecule has 7 heteroatoms. The quantitative estimate of drug-likeness (QED) is 0.578. The van der Waals surface area contributed by atoms with Crippen molar-refractivity contribution >= 4 is 16.2 Å². The summed E-state index contributed by atoms with van der Waals surface area (Å²) >= 11 is 0. The number of rotatable bonds is 7. The number of hydrogen-bond donors (Lipinski definition) is 2. The lowest BCUT2D eigenvalue weighted by atomic mass is 10.3. The Hall–Kier alpha value is -0.660. The molecule has 0 spiro atoms. The number of carboxylic acids is 1. The molecule has 0 amide bonds. The first-order valence-electron chi connectivity index (χ1n) is 4.33. The zero-order chi connectivity index (χ0) is 11.2. The highest BCUT2D eigenvalue weighted by atomic mass is 32.2. The van der Waals surface area contributed by atoms with E-state index in [2.05, 4.69) is 4.72 Å². The Morgan fingerprint density at radius 1 is 1.50 bits per heavy atom. The van der Waals surface area contributed by atoms with Crippen LogP contribution in [0.15, 0.2) is 0 Å². The molecule has 2 N–H and O–H groups in total. The summed E-state index contributed by atoms with van der Waals surface area (Å²) in [5, 5.41) is 8.31. The number of aliphatic carboxylic acids is 1. The van der Waals surface area contributed by atoms with Crippen molar-refractivity contribution in [2.24, 2.45) is 0 Å². The molecule has 0 aromatic carbocycles. The summed E-state index contributed by atoms with van der Waals surface area (Å²) in [6.07, 6.45) is 0.268. The van der Waals surface area contributed by atoms with Crippen LogP contribution in [0.3, 0.4) is 0 Å². The minimum atomic E-state index is -3.42. The van der Waals surface area contributed by atoms with Gasteiger partial charge in [0.1, 0.15) is 0 Å². The van der Waals surface area contributed by atoms with Gasteiger partial charge in [-0.25, -0.2) is 4.72 Å². The Bertz CT molecular complexity index is 275. The van der Waals surface area contributed by atoms with Gasteiger partial charge in [0.25, 0.3) is 10.2 Å². The van der Waals surface area contributed by atoms with E-state index in [1.165, 1.54) is 7.05 Å². The zero-order valence-corrected chi connectivity index (χ0v) is 9.17. The summed E-state index contributed by atoms with van der Waals surface area (Å²) in [4.78, 5) is 10.1. The number of nitrogens with zero attached hydrogens (tertiary/aromatic N) is 1. The average molecular weight is 224 g/mol. The largest absolute Gasteiger partial charge is 0.481 e. The van der Waals surface area contributed by atoms with Gasteiger partial charge in [-0.05, 0) is 6.42 Å². The summed E-state index contributed by atoms with van der Waals surface area (Å²) in [5.41, 5.74) is 0. The Kier molecular flexibility index (Phi) is 5.66. The van der Waals surface area contributed by atoms with Crippen molar-refractivity contribution < 1.29 is 18.3 Å². The molecule has 0 radical (unpaired) electrons. The molecular formula is C7H16N2O4S. The molecule has 0 aromatic heterocycles. The molecule has 0 saturated carbocycles. The number of hydrogen-bond acceptors (Lipinski definition) is 3. The third-order valence-electron chi connectivity index (χ3n) is 1.71. The van der Waals surface area contributed by atoms with Gasteiger partial charge >= 0.3 is 5.97 Å². The van der Waals surface area contributed by atoms with Crippen molar-refractivity contribution in [3.05, 3.63) is 0 Å². The third kappa shape index (κ3) is 5.15. The molecule has 0 heterocycles. The minimum absolute atomic E-state index is 0.0294. The highest BCUT2D eigenvalue weighted by Crippen LogP contribution is 1.93. The van der Waals surface area contributed by atoms with Crippen molar-refractivity contribution in [2.45, 2.75) is 19.8 Å². The Labute approximate surface area is 84.1 Å². The lowest BCUT2D eigenvalue weighted by Gasteiger charge is -2.14. The first kappa shape index (κ1) is 13.3. The molecule has 0 aliphatic heterocycles. The van der Waals surface area contributed by atoms with Gasteiger partial charge in [-0.15, -0.1) is 0 Å². The molecular weight excluding hydrogens is 208 g/mol. The molecule has 0 fully saturated rings. The van der Waals surface area contributed by atoms with Gasteiger partial charge in [0.15, 0.2) is 0 Å². The highest BCUT2D eigenvalue weighted by molar-refractivity contribution is 7.87. The molecule has 0 aliphatic carbocycles. The van der Waals surface area contributed by atoms with Crippen LogP contribution in [-0.2, 0) is 15.0 Å². The van der Waals surface area contributed by atoms with Gasteiger partial charge in [-0.2, -0.15) is 12.7 Å². The fourth-order valence-corrected chi connectivity index (χ4v) is 1.68. The topological polar surface area (TPSA) is 86.7 Å². The first-order chi connectivity index (χ1) is 6.40. The van der Waals surface area contributed by atoms with E-state index in [-0.39, 0.29) is 13.0 Å². The van der Waals surface area contributed by atoms with Crippen LogP contribution in [-0.4, -0.2) is 43.9 Å². The molecule has 6 nitrogen and oxygen atoms in total. The van der Waals surface area contributed by atoms with E-state index < -0.39 is 16.2 Å². The van der Waals surface area contributed by atoms with E-state index in [0.29, 0.717) is 13.0 Å². The maximum atomic E-state index is 11.3. The van der Waals surface area contributed by atoms with Crippen LogP contribution in [0.25, 0.3) is 0 Å². The van der Waals surface area contributed by atoms with Crippen molar-refractivity contribution in [2.75, 3.05) is 20.1 Å². The van der Waals surface area contributed by atoms with Crippen LogP contribution in [0.2, 0.25) is 0 Å². The SMILES string of the molecule is CCN(C)S(=O)(=O)NCCCC(=O)O. The van der Waals surface area contributed by atoms with Crippen molar-refractivity contribution in [3.8, 4) is 0 Å². The summed E-state index contributed by atoms with van der Waals surface area (Å²) in [5.74, 6) is -0.923. The summed E-state index contributed by atoms with van der Waals surface area (Å²) in [6.45, 7) is 2.25. The Morgan fingerprint density at radius 3 is 2.50 bits per heavy atom. The highest BCUT2D eigenvalue weighted by Gasteiger charge is 2.14. The molecule has 0 rings (SSSR count). The molecule has 0 unspecified atom stereocenters. The van der Waals surface area contributed by atoms with E-state index in [1.807, 2.05) is 0 Å². The maximum absolute atomic E-state index is 11.3. The van der Waals surface area contributed by atoms with Gasteiger partial charge in [0.05, 0.1) is 0 Å². The second-order valence-corrected chi connectivity index (χ2v) is 4.67. The molecule has 0 atom stereocenters. The standard InChI is InChI=1S/C7H16N2O4S/c1-3-9(2)14(12,13)8-6-4-5-7(10)11/h8H,3-6H2,1-2H3,(H,10,11). The van der Waals surface area contributed by atoms with Crippen LogP contribution >= 0.6 is 0 Å². The van der Waals surface area contributed by atoms with Crippen LogP contribution in [0.1, 0.15) is 19.8 Å². The average Bonchev–Trinajstić information content (AvgIpc) is 2.10. The predicted octanol–water partition coefficient (Wildman–Crippen LogP) is -0.363. The molecule has 0 aromatic rings. The van der Waals surface area contributed by atoms with E-state index in [9.17, 15) is 13.2 Å². The monoisotopic (exact) mass is 224 g/mol. The lowest BCUT2D eigenvalue weighted by Crippen LogP contribution is -2.38. The number of nitrogens with one attached hydrogen (secondary N) is 1. The van der Waals surface area contributed by atoms with Crippen molar-refractivity contribution in [1.82, 2.24) is 9.03 Å². The maximum Gasteiger partial charge on any atom is 0.303 e. The van der Waals surface area contributed by atoms with E-state index in [0.717, 1.165) is 4.31 Å². The van der Waals surface area contributed by atoms with Crippen LogP contribution in [0, 0.1) is 0 Å². The van der Waals surface area contributed by atoms with Gasteiger partial charge in [0, 0.05) is 26.6 Å². The Morgan fingerprint density at radius 2 is 2.07 bits per heavy atom. The molecule has 0 aliphatic rings. The predicted molar refractivity (Wildman–Crippen MR) is 52.1 cm³/mol. The van der Waals surface area contributed by atoms with Crippen LogP contribution < -0.4 is 4.72 Å². The number of carbonyl (C=O) groups is 1. The molecule has 14 heavy (non-hydrogen) atoms. The lowest BCUT2D eigenvalue weighted by molar-refractivity contribution is -0.137. The first-order valence-corrected chi connectivity index (χ1v) is 5.77. The molecule has 0 bridgehead atoms. The van der Waals surface area contributed by atoms with Crippen LogP contribution in [0.4, 0.5) is 0 Å². The minimum Gasteiger partial charge on any atom is -0.481 e. The fraction of sp³-hybridized carbons (Fsp3) is 0.857. The van der Waals surface area contributed by atoms with Gasteiger partial charge in [-0.3, -0.25) is 4.79 Å². The van der Waals surface area contributed by atoms with Crippen molar-refractivity contribution in [3.63, 3.8) is 0 Å². The summed E-state index contributed by atoms with van der Waals surface area (Å²) in [7, 11) is -1.96. The molecule has 0 saturated heterocycles.